The molecule has 0 unspecified atom stereocenters. The number of aromatic nitrogens is 2. The molecule has 1 aromatic carbocycles. The van der Waals surface area contributed by atoms with Crippen LogP contribution in [0.2, 0.25) is 0 Å². The molecule has 3 N–H and O–H groups in total. The Labute approximate surface area is 203 Å². The van der Waals surface area contributed by atoms with E-state index in [0.29, 0.717) is 25.2 Å². The molecule has 34 heavy (non-hydrogen) atoms. The summed E-state index contributed by atoms with van der Waals surface area (Å²) < 4.78 is 4.28. The van der Waals surface area contributed by atoms with Crippen LogP contribution in [0.15, 0.2) is 42.6 Å². The molecule has 2 aliphatic rings. The maximum absolute atomic E-state index is 13.0. The minimum absolute atomic E-state index is 0.201. The molecule has 4 heterocycles. The molecule has 1 fully saturated rings. The first-order valence-electron chi connectivity index (χ1n) is 11.6. The molecular weight excluding hydrogens is 448 g/mol. The zero-order valence-electron chi connectivity index (χ0n) is 19.2. The van der Waals surface area contributed by atoms with Crippen molar-refractivity contribution in [1.29, 1.82) is 0 Å². The first-order valence-corrected chi connectivity index (χ1v) is 12.3. The average Bonchev–Trinajstić information content (AvgIpc) is 3.45. The molecule has 8 nitrogen and oxygen atoms in total. The van der Waals surface area contributed by atoms with E-state index in [9.17, 15) is 9.59 Å². The van der Waals surface area contributed by atoms with E-state index in [1.807, 2.05) is 36.1 Å². The van der Waals surface area contributed by atoms with Crippen LogP contribution in [0.1, 0.15) is 46.6 Å². The van der Waals surface area contributed by atoms with Crippen molar-refractivity contribution in [2.75, 3.05) is 23.3 Å². The molecule has 0 bridgehead atoms. The van der Waals surface area contributed by atoms with Crippen molar-refractivity contribution >= 4 is 39.7 Å². The third-order valence-electron chi connectivity index (χ3n) is 6.53. The van der Waals surface area contributed by atoms with Gasteiger partial charge in [-0.05, 0) is 60.5 Å². The molecule has 2 amide bonds. The van der Waals surface area contributed by atoms with E-state index in [0.717, 1.165) is 42.3 Å². The third kappa shape index (κ3) is 4.75. The Kier molecular flexibility index (Phi) is 6.19. The van der Waals surface area contributed by atoms with Gasteiger partial charge in [-0.25, -0.2) is 4.98 Å². The van der Waals surface area contributed by atoms with Crippen molar-refractivity contribution in [3.05, 3.63) is 65.1 Å². The van der Waals surface area contributed by atoms with Gasteiger partial charge in [0.05, 0.1) is 23.3 Å². The molecule has 2 aromatic heterocycles. The summed E-state index contributed by atoms with van der Waals surface area (Å²) >= 11 is 1.32. The van der Waals surface area contributed by atoms with Gasteiger partial charge in [-0.2, -0.15) is 4.37 Å². The number of pyridine rings is 1. The number of fused-ring (bicyclic) bond motifs is 1. The summed E-state index contributed by atoms with van der Waals surface area (Å²) in [6, 6.07) is 12.1. The highest BCUT2D eigenvalue weighted by molar-refractivity contribution is 7.10. The number of carbonyl (C=O) groups excluding carboxylic acids is 2. The number of carbonyl (C=O) groups is 2. The van der Waals surface area contributed by atoms with E-state index in [2.05, 4.69) is 31.7 Å². The van der Waals surface area contributed by atoms with Crippen LogP contribution in [0.4, 0.5) is 16.4 Å². The summed E-state index contributed by atoms with van der Waals surface area (Å²) in [5.41, 5.74) is 10.6. The van der Waals surface area contributed by atoms with Gasteiger partial charge >= 0.3 is 0 Å². The van der Waals surface area contributed by atoms with Gasteiger partial charge in [-0.3, -0.25) is 9.59 Å². The summed E-state index contributed by atoms with van der Waals surface area (Å²) in [5, 5.41) is 4.08. The molecule has 1 atom stereocenters. The number of hydrogen-bond donors (Lipinski definition) is 2. The fourth-order valence-corrected chi connectivity index (χ4v) is 5.50. The number of benzene rings is 1. The molecule has 0 radical (unpaired) electrons. The lowest BCUT2D eigenvalue weighted by atomic mass is 9.94. The number of rotatable bonds is 6. The van der Waals surface area contributed by atoms with Crippen LogP contribution in [0.3, 0.4) is 0 Å². The highest BCUT2D eigenvalue weighted by atomic mass is 32.1. The maximum Gasteiger partial charge on any atom is 0.269 e. The SMILES string of the molecule is Cc1cc(Nc2cc(N3CCC[C@@H](CC(=O)N4Cc5ccccc5C4)C3)cnc2C(N)=O)sn1. The zero-order valence-corrected chi connectivity index (χ0v) is 20.0. The van der Waals surface area contributed by atoms with Gasteiger partial charge < -0.3 is 20.9 Å². The van der Waals surface area contributed by atoms with Gasteiger partial charge in [-0.15, -0.1) is 0 Å². The topological polar surface area (TPSA) is 104 Å². The van der Waals surface area contributed by atoms with Crippen molar-refractivity contribution in [3.8, 4) is 0 Å². The summed E-state index contributed by atoms with van der Waals surface area (Å²) in [6.45, 7) is 4.99. The van der Waals surface area contributed by atoms with Crippen LogP contribution in [0.25, 0.3) is 0 Å². The molecule has 9 heteroatoms. The van der Waals surface area contributed by atoms with Crippen molar-refractivity contribution in [1.82, 2.24) is 14.3 Å². The van der Waals surface area contributed by atoms with Crippen molar-refractivity contribution in [3.63, 3.8) is 0 Å². The Hall–Kier alpha value is -3.46. The molecule has 0 spiro atoms. The Morgan fingerprint density at radius 3 is 2.65 bits per heavy atom. The van der Waals surface area contributed by atoms with Crippen LogP contribution in [-0.4, -0.2) is 39.2 Å². The first-order chi connectivity index (χ1) is 16.5. The van der Waals surface area contributed by atoms with Gasteiger partial charge in [0.15, 0.2) is 5.69 Å². The quantitative estimate of drug-likeness (QED) is 0.560. The number of aryl methyl sites for hydroxylation is 1. The lowest BCUT2D eigenvalue weighted by Gasteiger charge is -2.35. The highest BCUT2D eigenvalue weighted by Gasteiger charge is 2.28. The lowest BCUT2D eigenvalue weighted by Crippen LogP contribution is -2.38. The third-order valence-corrected chi connectivity index (χ3v) is 7.33. The zero-order chi connectivity index (χ0) is 23.7. The van der Waals surface area contributed by atoms with Crippen molar-refractivity contribution in [2.24, 2.45) is 11.7 Å². The highest BCUT2D eigenvalue weighted by Crippen LogP contribution is 2.31. The number of hydrogen-bond acceptors (Lipinski definition) is 7. The van der Waals surface area contributed by atoms with Gasteiger partial charge in [-0.1, -0.05) is 24.3 Å². The normalized spacial score (nSPS) is 17.5. The van der Waals surface area contributed by atoms with E-state index in [1.165, 1.54) is 22.7 Å². The largest absolute Gasteiger partial charge is 0.370 e. The van der Waals surface area contributed by atoms with Crippen LogP contribution in [-0.2, 0) is 17.9 Å². The minimum Gasteiger partial charge on any atom is -0.370 e. The van der Waals surface area contributed by atoms with Gasteiger partial charge in [0, 0.05) is 32.6 Å². The van der Waals surface area contributed by atoms with E-state index in [1.54, 1.807) is 6.20 Å². The van der Waals surface area contributed by atoms with Gasteiger partial charge in [0.1, 0.15) is 5.00 Å². The summed E-state index contributed by atoms with van der Waals surface area (Å²) in [5.74, 6) is -0.0847. The van der Waals surface area contributed by atoms with Gasteiger partial charge in [0.25, 0.3) is 5.91 Å². The lowest BCUT2D eigenvalue weighted by molar-refractivity contribution is -0.132. The number of anilines is 3. The number of nitrogens with one attached hydrogen (secondary N) is 1. The molecule has 0 aliphatic carbocycles. The number of nitrogens with two attached hydrogens (primary N) is 1. The molecule has 0 saturated carbocycles. The fraction of sp³-hybridized carbons (Fsp3) is 0.360. The number of piperidine rings is 1. The Balaban J connectivity index is 1.27. The van der Waals surface area contributed by atoms with E-state index >= 15 is 0 Å². The maximum atomic E-state index is 13.0. The number of primary amides is 1. The van der Waals surface area contributed by atoms with Crippen molar-refractivity contribution in [2.45, 2.75) is 39.3 Å². The van der Waals surface area contributed by atoms with Crippen LogP contribution < -0.4 is 16.0 Å². The average molecular weight is 477 g/mol. The Morgan fingerprint density at radius 1 is 1.21 bits per heavy atom. The predicted molar refractivity (Wildman–Crippen MR) is 133 cm³/mol. The Morgan fingerprint density at radius 2 is 1.97 bits per heavy atom. The predicted octanol–water partition coefficient (Wildman–Crippen LogP) is 3.84. The summed E-state index contributed by atoms with van der Waals surface area (Å²) in [4.78, 5) is 33.5. The molecule has 3 aromatic rings. The smallest absolute Gasteiger partial charge is 0.269 e. The second kappa shape index (κ2) is 9.42. The van der Waals surface area contributed by atoms with E-state index < -0.39 is 5.91 Å². The molecule has 5 rings (SSSR count). The second-order valence-corrected chi connectivity index (χ2v) is 9.89. The fourth-order valence-electron chi connectivity index (χ4n) is 4.83. The summed E-state index contributed by atoms with van der Waals surface area (Å²) in [6.07, 6.45) is 4.28. The molecule has 1 saturated heterocycles. The molecule has 2 aliphatic heterocycles. The standard InChI is InChI=1S/C25H28N6O2S/c1-16-9-22(34-29-16)28-21-11-20(12-27-24(21)25(26)33)30-8-4-5-17(13-30)10-23(32)31-14-18-6-2-3-7-19(18)15-31/h2-3,6-7,9,11-12,17,28H,4-5,8,10,13-15H2,1H3,(H2,26,33)/t17-/m0/s1. The van der Waals surface area contributed by atoms with Gasteiger partial charge in [0.2, 0.25) is 5.91 Å². The number of nitrogens with zero attached hydrogens (tertiary/aromatic N) is 4. The van der Waals surface area contributed by atoms with E-state index in [-0.39, 0.29) is 17.5 Å². The first kappa shape index (κ1) is 22.3. The Bertz CT molecular complexity index is 1200. The second-order valence-electron chi connectivity index (χ2n) is 9.09. The molecular formula is C25H28N6O2S. The van der Waals surface area contributed by atoms with Crippen LogP contribution in [0.5, 0.6) is 0 Å². The minimum atomic E-state index is -0.580. The van der Waals surface area contributed by atoms with Crippen LogP contribution >= 0.6 is 11.5 Å². The van der Waals surface area contributed by atoms with Crippen LogP contribution in [0, 0.1) is 12.8 Å². The summed E-state index contributed by atoms with van der Waals surface area (Å²) in [7, 11) is 0. The van der Waals surface area contributed by atoms with Crippen molar-refractivity contribution < 1.29 is 9.59 Å². The molecule has 176 valence electrons. The van der Waals surface area contributed by atoms with E-state index in [4.69, 9.17) is 5.73 Å². The monoisotopic (exact) mass is 476 g/mol. The number of amides is 2.